The summed E-state index contributed by atoms with van der Waals surface area (Å²) in [4.78, 5) is 14.6. The maximum absolute atomic E-state index is 12.7. The van der Waals surface area contributed by atoms with Crippen molar-refractivity contribution in [1.29, 1.82) is 0 Å². The minimum Gasteiger partial charge on any atom is -0.493 e. The lowest BCUT2D eigenvalue weighted by atomic mass is 9.99. The molecular formula is C20H22N4O4S2. The first-order valence-electron chi connectivity index (χ1n) is 9.40. The molecule has 10 heteroatoms. The molecule has 30 heavy (non-hydrogen) atoms. The molecule has 3 aromatic rings. The number of methoxy groups -OCH3 is 2. The zero-order valence-corrected chi connectivity index (χ0v) is 18.3. The molecule has 1 amide bonds. The predicted octanol–water partition coefficient (Wildman–Crippen LogP) is 3.44. The number of anilines is 1. The fraction of sp³-hybridized carbons (Fsp3) is 0.350. The first kappa shape index (κ1) is 20.5. The standard InChI is InChI=1S/C20H22N4O4S2/c1-26-16-8-13-5-6-24(11-14(13)9-17(16)27-2)18(25)12-29-20-23-22-19(30-20)21-10-15-4-3-7-28-15/h3-4,7-9H,5-6,10-12H2,1-2H3,(H,21,22). The van der Waals surface area contributed by atoms with E-state index in [1.54, 1.807) is 20.5 Å². The summed E-state index contributed by atoms with van der Waals surface area (Å²) in [5, 5.41) is 12.1. The molecule has 0 aliphatic carbocycles. The summed E-state index contributed by atoms with van der Waals surface area (Å²) in [6.07, 6.45) is 2.43. The van der Waals surface area contributed by atoms with E-state index in [4.69, 9.17) is 13.9 Å². The third-order valence-corrected chi connectivity index (χ3v) is 6.79. The molecule has 2 aromatic heterocycles. The number of hydrogen-bond donors (Lipinski definition) is 1. The predicted molar refractivity (Wildman–Crippen MR) is 115 cm³/mol. The van der Waals surface area contributed by atoms with Crippen LogP contribution in [0.4, 0.5) is 5.13 Å². The van der Waals surface area contributed by atoms with Crippen molar-refractivity contribution in [2.75, 3.05) is 31.8 Å². The van der Waals surface area contributed by atoms with Crippen molar-refractivity contribution in [1.82, 2.24) is 15.1 Å². The van der Waals surface area contributed by atoms with Gasteiger partial charge in [0.05, 0.1) is 32.8 Å². The van der Waals surface area contributed by atoms with Gasteiger partial charge in [-0.15, -0.1) is 10.2 Å². The number of nitrogens with one attached hydrogen (secondary N) is 1. The molecule has 4 rings (SSSR count). The maximum atomic E-state index is 12.7. The Hall–Kier alpha value is -2.72. The van der Waals surface area contributed by atoms with Crippen molar-refractivity contribution in [2.45, 2.75) is 23.8 Å². The van der Waals surface area contributed by atoms with E-state index in [0.29, 0.717) is 36.3 Å². The highest BCUT2D eigenvalue weighted by molar-refractivity contribution is 8.01. The van der Waals surface area contributed by atoms with Crippen LogP contribution in [0.3, 0.4) is 0 Å². The monoisotopic (exact) mass is 446 g/mol. The Bertz CT molecular complexity index is 1010. The van der Waals surface area contributed by atoms with Crippen LogP contribution in [0.2, 0.25) is 0 Å². The van der Waals surface area contributed by atoms with Gasteiger partial charge in [-0.05, 0) is 41.8 Å². The van der Waals surface area contributed by atoms with Gasteiger partial charge < -0.3 is 24.1 Å². The molecule has 0 bridgehead atoms. The molecule has 3 heterocycles. The molecule has 0 unspecified atom stereocenters. The Kier molecular flexibility index (Phi) is 6.44. The fourth-order valence-electron chi connectivity index (χ4n) is 3.23. The Labute approximate surface area is 182 Å². The number of carbonyl (C=O) groups excluding carboxylic acids is 1. The number of fused-ring (bicyclic) bond motifs is 1. The van der Waals surface area contributed by atoms with Crippen LogP contribution in [-0.4, -0.2) is 47.5 Å². The molecule has 0 fully saturated rings. The van der Waals surface area contributed by atoms with E-state index in [1.807, 2.05) is 29.2 Å². The molecule has 0 radical (unpaired) electrons. The zero-order valence-electron chi connectivity index (χ0n) is 16.7. The van der Waals surface area contributed by atoms with Gasteiger partial charge in [-0.1, -0.05) is 23.1 Å². The molecule has 158 valence electrons. The van der Waals surface area contributed by atoms with E-state index in [9.17, 15) is 4.79 Å². The number of rotatable bonds is 8. The van der Waals surface area contributed by atoms with Gasteiger partial charge in [0.2, 0.25) is 11.0 Å². The van der Waals surface area contributed by atoms with Gasteiger partial charge in [-0.3, -0.25) is 4.79 Å². The SMILES string of the molecule is COc1cc2c(cc1OC)CN(C(=O)CSc1nnc(NCc3ccco3)s1)CC2. The van der Waals surface area contributed by atoms with E-state index in [0.717, 1.165) is 27.8 Å². The van der Waals surface area contributed by atoms with Crippen molar-refractivity contribution in [3.8, 4) is 11.5 Å². The molecule has 0 atom stereocenters. The minimum atomic E-state index is 0.0840. The van der Waals surface area contributed by atoms with Gasteiger partial charge in [0.25, 0.3) is 0 Å². The molecule has 0 spiro atoms. The van der Waals surface area contributed by atoms with Gasteiger partial charge >= 0.3 is 0 Å². The average molecular weight is 447 g/mol. The number of ether oxygens (including phenoxy) is 2. The highest BCUT2D eigenvalue weighted by atomic mass is 32.2. The number of amides is 1. The Balaban J connectivity index is 1.31. The first-order valence-corrected chi connectivity index (χ1v) is 11.2. The molecular weight excluding hydrogens is 424 g/mol. The third-order valence-electron chi connectivity index (χ3n) is 4.79. The number of carbonyl (C=O) groups is 1. The van der Waals surface area contributed by atoms with Crippen molar-refractivity contribution in [3.05, 3.63) is 47.4 Å². The topological polar surface area (TPSA) is 89.7 Å². The van der Waals surface area contributed by atoms with Gasteiger partial charge in [0, 0.05) is 13.1 Å². The second kappa shape index (κ2) is 9.40. The smallest absolute Gasteiger partial charge is 0.233 e. The molecule has 1 aliphatic heterocycles. The van der Waals surface area contributed by atoms with Crippen LogP contribution >= 0.6 is 23.1 Å². The largest absolute Gasteiger partial charge is 0.493 e. The Morgan fingerprint density at radius 3 is 2.80 bits per heavy atom. The van der Waals surface area contributed by atoms with Crippen molar-refractivity contribution < 1.29 is 18.7 Å². The summed E-state index contributed by atoms with van der Waals surface area (Å²) in [5.74, 6) is 2.65. The molecule has 8 nitrogen and oxygen atoms in total. The quantitative estimate of drug-likeness (QED) is 0.527. The molecule has 1 aromatic carbocycles. The maximum Gasteiger partial charge on any atom is 0.233 e. The zero-order chi connectivity index (χ0) is 20.9. The van der Waals surface area contributed by atoms with E-state index in [-0.39, 0.29) is 5.91 Å². The lowest BCUT2D eigenvalue weighted by Gasteiger charge is -2.29. The number of benzene rings is 1. The summed E-state index contributed by atoms with van der Waals surface area (Å²) >= 11 is 2.83. The van der Waals surface area contributed by atoms with Crippen LogP contribution < -0.4 is 14.8 Å². The normalized spacial score (nSPS) is 13.1. The van der Waals surface area contributed by atoms with Crippen LogP contribution in [0.15, 0.2) is 39.3 Å². The van der Waals surface area contributed by atoms with Crippen LogP contribution in [0.1, 0.15) is 16.9 Å². The fourth-order valence-corrected chi connectivity index (χ4v) is 4.88. The number of nitrogens with zero attached hydrogens (tertiary/aromatic N) is 3. The van der Waals surface area contributed by atoms with Crippen molar-refractivity contribution in [2.24, 2.45) is 0 Å². The Morgan fingerprint density at radius 2 is 2.07 bits per heavy atom. The lowest BCUT2D eigenvalue weighted by molar-refractivity contribution is -0.129. The summed E-state index contributed by atoms with van der Waals surface area (Å²) in [6.45, 7) is 1.81. The van der Waals surface area contributed by atoms with Gasteiger partial charge in [0.15, 0.2) is 15.8 Å². The summed E-state index contributed by atoms with van der Waals surface area (Å²) in [6, 6.07) is 7.70. The van der Waals surface area contributed by atoms with Crippen LogP contribution in [-0.2, 0) is 24.3 Å². The van der Waals surface area contributed by atoms with E-state index < -0.39 is 0 Å². The summed E-state index contributed by atoms with van der Waals surface area (Å²) < 4.78 is 16.8. The number of aromatic nitrogens is 2. The third kappa shape index (κ3) is 4.71. The van der Waals surface area contributed by atoms with Crippen molar-refractivity contribution >= 4 is 34.1 Å². The highest BCUT2D eigenvalue weighted by Gasteiger charge is 2.23. The van der Waals surface area contributed by atoms with Crippen LogP contribution in [0.25, 0.3) is 0 Å². The summed E-state index contributed by atoms with van der Waals surface area (Å²) in [5.41, 5.74) is 2.29. The number of furan rings is 1. The molecule has 0 saturated heterocycles. The molecule has 0 saturated carbocycles. The van der Waals surface area contributed by atoms with Crippen LogP contribution in [0.5, 0.6) is 11.5 Å². The second-order valence-corrected chi connectivity index (χ2v) is 8.84. The lowest BCUT2D eigenvalue weighted by Crippen LogP contribution is -2.37. The van der Waals surface area contributed by atoms with Gasteiger partial charge in [-0.25, -0.2) is 0 Å². The second-order valence-electron chi connectivity index (χ2n) is 6.64. The minimum absolute atomic E-state index is 0.0840. The average Bonchev–Trinajstić information content (AvgIpc) is 3.46. The summed E-state index contributed by atoms with van der Waals surface area (Å²) in [7, 11) is 3.25. The van der Waals surface area contributed by atoms with E-state index >= 15 is 0 Å². The Morgan fingerprint density at radius 1 is 1.27 bits per heavy atom. The highest BCUT2D eigenvalue weighted by Crippen LogP contribution is 2.33. The number of hydrogen-bond acceptors (Lipinski definition) is 9. The van der Waals surface area contributed by atoms with Crippen molar-refractivity contribution in [3.63, 3.8) is 0 Å². The van der Waals surface area contributed by atoms with E-state index in [2.05, 4.69) is 15.5 Å². The number of thioether (sulfide) groups is 1. The first-order chi connectivity index (χ1) is 14.7. The van der Waals surface area contributed by atoms with E-state index in [1.165, 1.54) is 28.7 Å². The van der Waals surface area contributed by atoms with Gasteiger partial charge in [-0.2, -0.15) is 0 Å². The molecule has 1 N–H and O–H groups in total. The molecule has 1 aliphatic rings. The van der Waals surface area contributed by atoms with Gasteiger partial charge in [0.1, 0.15) is 5.76 Å². The van der Waals surface area contributed by atoms with Crippen LogP contribution in [0, 0.1) is 0 Å².